The van der Waals surface area contributed by atoms with Gasteiger partial charge in [-0.3, -0.25) is 9.69 Å². The van der Waals surface area contributed by atoms with Crippen molar-refractivity contribution in [2.75, 3.05) is 33.2 Å². The van der Waals surface area contributed by atoms with Crippen molar-refractivity contribution >= 4 is 5.97 Å². The van der Waals surface area contributed by atoms with Gasteiger partial charge in [0.05, 0.1) is 0 Å². The number of likely N-dealkylation sites (N-methyl/N-ethyl adjacent to an activating group) is 1. The van der Waals surface area contributed by atoms with Crippen LogP contribution in [0.15, 0.2) is 0 Å². The highest BCUT2D eigenvalue weighted by atomic mass is 16.4. The van der Waals surface area contributed by atoms with Gasteiger partial charge in [-0.15, -0.1) is 0 Å². The minimum absolute atomic E-state index is 0.346. The third-order valence-electron chi connectivity index (χ3n) is 3.89. The van der Waals surface area contributed by atoms with Gasteiger partial charge >= 0.3 is 5.97 Å². The van der Waals surface area contributed by atoms with Crippen LogP contribution in [-0.2, 0) is 4.79 Å². The molecule has 0 amide bonds. The number of nitrogens with zero attached hydrogens (tertiary/aromatic N) is 2. The van der Waals surface area contributed by atoms with Crippen LogP contribution >= 0.6 is 0 Å². The Morgan fingerprint density at radius 2 is 2.12 bits per heavy atom. The molecule has 0 aromatic rings. The third-order valence-corrected chi connectivity index (χ3v) is 3.89. The Hall–Kier alpha value is -0.610. The van der Waals surface area contributed by atoms with E-state index in [2.05, 4.69) is 16.8 Å². The number of piperidine rings is 1. The van der Waals surface area contributed by atoms with E-state index in [9.17, 15) is 4.79 Å². The molecule has 2 rings (SSSR count). The van der Waals surface area contributed by atoms with Crippen LogP contribution in [0.3, 0.4) is 0 Å². The predicted molar refractivity (Wildman–Crippen MR) is 62.5 cm³/mol. The Balaban J connectivity index is 1.90. The van der Waals surface area contributed by atoms with Crippen molar-refractivity contribution < 1.29 is 9.90 Å². The number of hydrogen-bond donors (Lipinski definition) is 1. The monoisotopic (exact) mass is 226 g/mol. The lowest BCUT2D eigenvalue weighted by Gasteiger charge is -2.38. The summed E-state index contributed by atoms with van der Waals surface area (Å²) in [6.07, 6.45) is 3.81. The average Bonchev–Trinajstić information content (AvgIpc) is 2.37. The molecule has 2 fully saturated rings. The molecule has 2 unspecified atom stereocenters. The maximum atomic E-state index is 10.7. The molecule has 4 heteroatoms. The minimum Gasteiger partial charge on any atom is -0.481 e. The van der Waals surface area contributed by atoms with Gasteiger partial charge in [0.15, 0.2) is 0 Å². The normalized spacial score (nSPS) is 33.1. The number of aliphatic carboxylic acids is 1. The molecule has 4 nitrogen and oxygen atoms in total. The van der Waals surface area contributed by atoms with E-state index in [1.54, 1.807) is 0 Å². The van der Waals surface area contributed by atoms with Gasteiger partial charge in [0, 0.05) is 25.6 Å². The Bertz CT molecular complexity index is 257. The van der Waals surface area contributed by atoms with Crippen molar-refractivity contribution in [3.63, 3.8) is 0 Å². The summed E-state index contributed by atoms with van der Waals surface area (Å²) in [5, 5.41) is 8.83. The van der Waals surface area contributed by atoms with E-state index < -0.39 is 5.97 Å². The quantitative estimate of drug-likeness (QED) is 0.759. The number of fused-ring (bicyclic) bond motifs is 1. The zero-order valence-corrected chi connectivity index (χ0v) is 10.1. The molecule has 2 saturated heterocycles. The summed E-state index contributed by atoms with van der Waals surface area (Å²) in [6, 6.07) is 0.664. The second-order valence-electron chi connectivity index (χ2n) is 5.31. The van der Waals surface area contributed by atoms with Gasteiger partial charge in [0.1, 0.15) is 0 Å². The van der Waals surface area contributed by atoms with Crippen LogP contribution < -0.4 is 0 Å². The molecule has 2 atom stereocenters. The molecular formula is C12H22N2O2. The highest BCUT2D eigenvalue weighted by Gasteiger charge is 2.31. The second-order valence-corrected chi connectivity index (χ2v) is 5.31. The zero-order valence-electron chi connectivity index (χ0n) is 10.1. The van der Waals surface area contributed by atoms with E-state index in [4.69, 9.17) is 5.11 Å². The highest BCUT2D eigenvalue weighted by molar-refractivity contribution is 5.67. The smallest absolute Gasteiger partial charge is 0.303 e. The van der Waals surface area contributed by atoms with Crippen LogP contribution in [0.5, 0.6) is 0 Å². The van der Waals surface area contributed by atoms with Gasteiger partial charge in [-0.05, 0) is 45.3 Å². The first-order chi connectivity index (χ1) is 7.65. The van der Waals surface area contributed by atoms with Gasteiger partial charge in [-0.1, -0.05) is 0 Å². The fourth-order valence-corrected chi connectivity index (χ4v) is 3.07. The standard InChI is InChI=1S/C12H22N2O2/c1-13-5-2-6-14-8-10(7-12(15)16)3-4-11(14)9-13/h10-11H,2-9H2,1H3,(H,15,16). The molecule has 2 heterocycles. The zero-order chi connectivity index (χ0) is 11.5. The molecule has 0 bridgehead atoms. The Kier molecular flexibility index (Phi) is 3.82. The lowest BCUT2D eigenvalue weighted by atomic mass is 9.90. The predicted octanol–water partition coefficient (Wildman–Crippen LogP) is 0.877. The van der Waals surface area contributed by atoms with Gasteiger partial charge in [0.25, 0.3) is 0 Å². The Morgan fingerprint density at radius 3 is 2.88 bits per heavy atom. The van der Waals surface area contributed by atoms with E-state index >= 15 is 0 Å². The van der Waals surface area contributed by atoms with Crippen LogP contribution in [0.25, 0.3) is 0 Å². The van der Waals surface area contributed by atoms with E-state index in [-0.39, 0.29) is 0 Å². The first-order valence-corrected chi connectivity index (χ1v) is 6.29. The molecule has 2 aliphatic rings. The maximum Gasteiger partial charge on any atom is 0.303 e. The molecule has 0 radical (unpaired) electrons. The maximum absolute atomic E-state index is 10.7. The molecule has 92 valence electrons. The van der Waals surface area contributed by atoms with Crippen molar-refractivity contribution in [1.82, 2.24) is 9.80 Å². The van der Waals surface area contributed by atoms with Crippen LogP contribution in [-0.4, -0.2) is 60.1 Å². The minimum atomic E-state index is -0.643. The topological polar surface area (TPSA) is 43.8 Å². The van der Waals surface area contributed by atoms with Crippen molar-refractivity contribution in [2.24, 2.45) is 5.92 Å². The fourth-order valence-electron chi connectivity index (χ4n) is 3.07. The summed E-state index contributed by atoms with van der Waals surface area (Å²) in [5.41, 5.74) is 0. The van der Waals surface area contributed by atoms with Gasteiger partial charge in [-0.2, -0.15) is 0 Å². The number of hydrogen-bond acceptors (Lipinski definition) is 3. The van der Waals surface area contributed by atoms with Crippen LogP contribution in [0.1, 0.15) is 25.7 Å². The summed E-state index contributed by atoms with van der Waals surface area (Å²) < 4.78 is 0. The number of carbonyl (C=O) groups is 1. The van der Waals surface area contributed by atoms with Crippen LogP contribution in [0.2, 0.25) is 0 Å². The lowest BCUT2D eigenvalue weighted by molar-refractivity contribution is -0.138. The Labute approximate surface area is 97.2 Å². The first-order valence-electron chi connectivity index (χ1n) is 6.29. The number of carboxylic acids is 1. The van der Waals surface area contributed by atoms with E-state index in [0.29, 0.717) is 18.4 Å². The fraction of sp³-hybridized carbons (Fsp3) is 0.917. The molecule has 0 spiro atoms. The molecule has 0 saturated carbocycles. The third kappa shape index (κ3) is 2.95. The summed E-state index contributed by atoms with van der Waals surface area (Å²) in [7, 11) is 2.19. The second kappa shape index (κ2) is 5.15. The van der Waals surface area contributed by atoms with Crippen LogP contribution in [0, 0.1) is 5.92 Å². The molecule has 0 aliphatic carbocycles. The molecular weight excluding hydrogens is 204 g/mol. The van der Waals surface area contributed by atoms with Crippen molar-refractivity contribution in [3.8, 4) is 0 Å². The van der Waals surface area contributed by atoms with E-state index in [1.165, 1.54) is 19.4 Å². The summed E-state index contributed by atoms with van der Waals surface area (Å²) in [5.74, 6) is -0.271. The summed E-state index contributed by atoms with van der Waals surface area (Å²) >= 11 is 0. The van der Waals surface area contributed by atoms with Gasteiger partial charge in [-0.25, -0.2) is 0 Å². The number of rotatable bonds is 2. The van der Waals surface area contributed by atoms with Gasteiger partial charge in [0.2, 0.25) is 0 Å². The SMILES string of the molecule is CN1CCCN2CC(CC(=O)O)CCC2C1. The Morgan fingerprint density at radius 1 is 1.31 bits per heavy atom. The van der Waals surface area contributed by atoms with Crippen molar-refractivity contribution in [1.29, 1.82) is 0 Å². The lowest BCUT2D eigenvalue weighted by Crippen LogP contribution is -2.46. The summed E-state index contributed by atoms with van der Waals surface area (Å²) in [6.45, 7) is 4.46. The van der Waals surface area contributed by atoms with E-state index in [0.717, 1.165) is 26.1 Å². The molecule has 16 heavy (non-hydrogen) atoms. The van der Waals surface area contributed by atoms with Crippen molar-refractivity contribution in [2.45, 2.75) is 31.7 Å². The molecule has 2 aliphatic heterocycles. The van der Waals surface area contributed by atoms with Gasteiger partial charge < -0.3 is 10.0 Å². The molecule has 0 aromatic heterocycles. The average molecular weight is 226 g/mol. The van der Waals surface area contributed by atoms with Crippen molar-refractivity contribution in [3.05, 3.63) is 0 Å². The van der Waals surface area contributed by atoms with E-state index in [1.807, 2.05) is 0 Å². The molecule has 0 aromatic carbocycles. The summed E-state index contributed by atoms with van der Waals surface area (Å²) in [4.78, 5) is 15.6. The largest absolute Gasteiger partial charge is 0.481 e. The first kappa shape index (κ1) is 11.9. The number of carboxylic acid groups (broad SMARTS) is 1. The van der Waals surface area contributed by atoms with Crippen LogP contribution in [0.4, 0.5) is 0 Å². The highest BCUT2D eigenvalue weighted by Crippen LogP contribution is 2.26. The molecule has 1 N–H and O–H groups in total.